The number of fused-ring (bicyclic) bond motifs is 1. The summed E-state index contributed by atoms with van der Waals surface area (Å²) in [5, 5.41) is 45.6. The molecule has 1 aromatic heterocycles. The van der Waals surface area contributed by atoms with Crippen LogP contribution >= 0.6 is 0 Å². The number of aromatic hydroxyl groups is 3. The summed E-state index contributed by atoms with van der Waals surface area (Å²) in [6, 6.07) is 26.9. The second-order valence-electron chi connectivity index (χ2n) is 12.0. The van der Waals surface area contributed by atoms with E-state index in [1.54, 1.807) is 50.6 Å². The van der Waals surface area contributed by atoms with Gasteiger partial charge in [0.25, 0.3) is 0 Å². The predicted molar refractivity (Wildman–Crippen MR) is 195 cm³/mol. The number of benzene rings is 4. The van der Waals surface area contributed by atoms with E-state index in [1.807, 2.05) is 42.5 Å². The number of hydrogen-bond donors (Lipinski definition) is 7. The molecule has 266 valence electrons. The average molecular weight is 686 g/mol. The van der Waals surface area contributed by atoms with Gasteiger partial charge in [0.05, 0.1) is 14.2 Å². The number of aryl methyl sites for hydroxylation is 1. The number of pyridine rings is 1. The molecule has 0 bridgehead atoms. The van der Waals surface area contributed by atoms with Gasteiger partial charge in [-0.3, -0.25) is 4.79 Å². The molecule has 2 atom stereocenters. The van der Waals surface area contributed by atoms with Crippen molar-refractivity contribution >= 4 is 10.9 Å². The lowest BCUT2D eigenvalue weighted by Gasteiger charge is -2.14. The molecule has 5 rings (SSSR count). The lowest BCUT2D eigenvalue weighted by molar-refractivity contribution is 0.106. The topological polar surface area (TPSA) is 166 Å². The van der Waals surface area contributed by atoms with Gasteiger partial charge >= 0.3 is 0 Å². The van der Waals surface area contributed by atoms with Crippen molar-refractivity contribution in [2.45, 2.75) is 44.9 Å². The van der Waals surface area contributed by atoms with Crippen molar-refractivity contribution in [2.24, 2.45) is 0 Å². The van der Waals surface area contributed by atoms with Crippen LogP contribution in [0.15, 0.2) is 95.8 Å². The number of rotatable bonds is 16. The van der Waals surface area contributed by atoms with Crippen LogP contribution < -0.4 is 30.4 Å². The number of H-pyrrole nitrogens is 1. The first-order valence-corrected chi connectivity index (χ1v) is 16.5. The van der Waals surface area contributed by atoms with Crippen LogP contribution in [0.2, 0.25) is 0 Å². The largest absolute Gasteiger partial charge is 0.508 e. The Kier molecular flexibility index (Phi) is 14.3. The zero-order chi connectivity index (χ0) is 35.9. The summed E-state index contributed by atoms with van der Waals surface area (Å²) in [5.74, 6) is 2.13. The van der Waals surface area contributed by atoms with Gasteiger partial charge in [-0.25, -0.2) is 0 Å². The van der Waals surface area contributed by atoms with E-state index in [4.69, 9.17) is 14.2 Å². The fourth-order valence-electron chi connectivity index (χ4n) is 5.18. The molecule has 0 spiro atoms. The maximum Gasteiger partial charge on any atom is 0.248 e. The molecule has 11 nitrogen and oxygen atoms in total. The molecule has 0 aliphatic carbocycles. The first-order valence-electron chi connectivity index (χ1n) is 16.5. The summed E-state index contributed by atoms with van der Waals surface area (Å²) in [7, 11) is 3.20. The summed E-state index contributed by atoms with van der Waals surface area (Å²) < 4.78 is 16.2. The Hall–Kier alpha value is -5.23. The predicted octanol–water partition coefficient (Wildman–Crippen LogP) is 5.03. The molecule has 5 aromatic rings. The van der Waals surface area contributed by atoms with Crippen molar-refractivity contribution in [3.8, 4) is 34.5 Å². The highest BCUT2D eigenvalue weighted by molar-refractivity contribution is 5.79. The number of methoxy groups -OCH3 is 2. The SMILES string of the molecule is CC(CCc1ccc(O)cc1)NCCc1ccc(O)c(O)c1.COc1ccc(CNCC(O)COc2ccc3[nH]c(=O)ccc3c2)cc1OC. The number of hydrogen-bond acceptors (Lipinski definition) is 10. The van der Waals surface area contributed by atoms with Crippen molar-refractivity contribution in [1.29, 1.82) is 0 Å². The Morgan fingerprint density at radius 2 is 1.50 bits per heavy atom. The smallest absolute Gasteiger partial charge is 0.248 e. The summed E-state index contributed by atoms with van der Waals surface area (Å²) in [5.41, 5.74) is 3.84. The lowest BCUT2D eigenvalue weighted by Crippen LogP contribution is -2.31. The zero-order valence-corrected chi connectivity index (χ0v) is 28.7. The summed E-state index contributed by atoms with van der Waals surface area (Å²) in [4.78, 5) is 14.1. The number of aliphatic hydroxyl groups is 1. The van der Waals surface area contributed by atoms with Crippen molar-refractivity contribution in [1.82, 2.24) is 15.6 Å². The van der Waals surface area contributed by atoms with Crippen LogP contribution in [0.3, 0.4) is 0 Å². The number of nitrogens with one attached hydrogen (secondary N) is 3. The molecule has 50 heavy (non-hydrogen) atoms. The monoisotopic (exact) mass is 685 g/mol. The molecular weight excluding hydrogens is 638 g/mol. The van der Waals surface area contributed by atoms with Crippen molar-refractivity contribution < 1.29 is 34.6 Å². The number of aliphatic hydroxyl groups excluding tert-OH is 1. The molecule has 0 fully saturated rings. The molecular formula is C39H47N3O8. The standard InChI is InChI=1S/C21H24N2O5.C18H23NO3/c1-26-19-7-3-14(9-20(19)27-2)11-22-12-16(24)13-28-17-5-6-18-15(10-17)4-8-21(25)23-18;1-13(2-3-14-4-7-16(20)8-5-14)19-11-10-15-6-9-17(21)18(22)12-15/h3-10,16,22,24H,11-13H2,1-2H3,(H,23,25);4-9,12-13,19-22H,2-3,10-11H2,1H3. The van der Waals surface area contributed by atoms with E-state index in [-0.39, 0.29) is 23.7 Å². The van der Waals surface area contributed by atoms with Gasteiger partial charge in [-0.15, -0.1) is 0 Å². The summed E-state index contributed by atoms with van der Waals surface area (Å²) in [6.45, 7) is 4.10. The highest BCUT2D eigenvalue weighted by Crippen LogP contribution is 2.27. The summed E-state index contributed by atoms with van der Waals surface area (Å²) in [6.07, 6.45) is 2.13. The molecule has 4 aromatic carbocycles. The molecule has 2 unspecified atom stereocenters. The van der Waals surface area contributed by atoms with E-state index < -0.39 is 6.10 Å². The Balaban J connectivity index is 0.000000232. The zero-order valence-electron chi connectivity index (χ0n) is 28.7. The normalized spacial score (nSPS) is 12.1. The van der Waals surface area contributed by atoms with Gasteiger partial charge in [0, 0.05) is 36.1 Å². The van der Waals surface area contributed by atoms with Crippen molar-refractivity contribution in [3.63, 3.8) is 0 Å². The third-order valence-corrected chi connectivity index (χ3v) is 8.04. The minimum Gasteiger partial charge on any atom is -0.508 e. The first-order chi connectivity index (χ1) is 24.1. The van der Waals surface area contributed by atoms with Gasteiger partial charge in [0.1, 0.15) is 24.2 Å². The van der Waals surface area contributed by atoms with Gasteiger partial charge in [0.15, 0.2) is 23.0 Å². The number of aromatic nitrogens is 1. The number of aromatic amines is 1. The van der Waals surface area contributed by atoms with E-state index >= 15 is 0 Å². The number of phenols is 3. The molecule has 1 heterocycles. The Morgan fingerprint density at radius 1 is 0.760 bits per heavy atom. The van der Waals surface area contributed by atoms with Crippen LogP contribution in [-0.4, -0.2) is 71.5 Å². The van der Waals surface area contributed by atoms with E-state index in [2.05, 4.69) is 22.5 Å². The van der Waals surface area contributed by atoms with Crippen molar-refractivity contribution in [3.05, 3.63) is 118 Å². The first kappa shape index (κ1) is 37.6. The highest BCUT2D eigenvalue weighted by Gasteiger charge is 2.09. The minimum absolute atomic E-state index is 0.0714. The lowest BCUT2D eigenvalue weighted by atomic mass is 10.1. The molecule has 0 aliphatic heterocycles. The molecule has 0 aliphatic rings. The van der Waals surface area contributed by atoms with E-state index in [0.717, 1.165) is 47.8 Å². The number of phenolic OH excluding ortho intramolecular Hbond substituents is 3. The fourth-order valence-corrected chi connectivity index (χ4v) is 5.18. The maximum absolute atomic E-state index is 11.3. The van der Waals surface area contributed by atoms with Gasteiger partial charge in [-0.1, -0.05) is 24.3 Å². The second kappa shape index (κ2) is 19.1. The van der Waals surface area contributed by atoms with Crippen LogP contribution in [0, 0.1) is 0 Å². The van der Waals surface area contributed by atoms with Gasteiger partial charge < -0.3 is 50.3 Å². The Labute approximate surface area is 292 Å². The number of ether oxygens (including phenoxy) is 3. The quantitative estimate of drug-likeness (QED) is 0.0701. The van der Waals surface area contributed by atoms with E-state index in [0.29, 0.717) is 42.1 Å². The highest BCUT2D eigenvalue weighted by atomic mass is 16.5. The van der Waals surface area contributed by atoms with Gasteiger partial charge in [0.2, 0.25) is 5.56 Å². The van der Waals surface area contributed by atoms with Crippen LogP contribution in [0.5, 0.6) is 34.5 Å². The van der Waals surface area contributed by atoms with Crippen LogP contribution in [0.25, 0.3) is 10.9 Å². The van der Waals surface area contributed by atoms with Crippen molar-refractivity contribution in [2.75, 3.05) is 33.9 Å². The van der Waals surface area contributed by atoms with Gasteiger partial charge in [-0.05, 0) is 110 Å². The minimum atomic E-state index is -0.661. The maximum atomic E-state index is 11.3. The molecule has 0 saturated heterocycles. The second-order valence-corrected chi connectivity index (χ2v) is 12.0. The molecule has 0 amide bonds. The van der Waals surface area contributed by atoms with Crippen LogP contribution in [0.1, 0.15) is 30.0 Å². The average Bonchev–Trinajstić information content (AvgIpc) is 3.12. The van der Waals surface area contributed by atoms with E-state index in [1.165, 1.54) is 17.7 Å². The third-order valence-electron chi connectivity index (χ3n) is 8.04. The summed E-state index contributed by atoms with van der Waals surface area (Å²) >= 11 is 0. The van der Waals surface area contributed by atoms with Crippen LogP contribution in [-0.2, 0) is 19.4 Å². The molecule has 7 N–H and O–H groups in total. The van der Waals surface area contributed by atoms with E-state index in [9.17, 15) is 25.2 Å². The van der Waals surface area contributed by atoms with Gasteiger partial charge in [-0.2, -0.15) is 0 Å². The third kappa shape index (κ3) is 12.0. The molecule has 0 radical (unpaired) electrons. The molecule has 0 saturated carbocycles. The Morgan fingerprint density at radius 3 is 2.24 bits per heavy atom. The fraction of sp³-hybridized carbons (Fsp3) is 0.308. The molecule has 11 heteroatoms. The Bertz CT molecular complexity index is 1840. The van der Waals surface area contributed by atoms with Crippen LogP contribution in [0.4, 0.5) is 0 Å².